The number of benzene rings is 1. The second kappa shape index (κ2) is 5.98. The van der Waals surface area contributed by atoms with Crippen LogP contribution in [-0.4, -0.2) is 16.0 Å². The molecule has 1 aromatic carbocycles. The van der Waals surface area contributed by atoms with Crippen molar-refractivity contribution in [2.45, 2.75) is 20.3 Å². The third-order valence-corrected chi connectivity index (χ3v) is 3.60. The lowest BCUT2D eigenvalue weighted by Gasteiger charge is -2.14. The number of nitro benzene ring substituents is 1. The van der Waals surface area contributed by atoms with Crippen LogP contribution in [0, 0.1) is 16.0 Å². The highest BCUT2D eigenvalue weighted by atomic mass is 31.2. The zero-order valence-electron chi connectivity index (χ0n) is 10.3. The minimum atomic E-state index is -3.68. The van der Waals surface area contributed by atoms with Crippen molar-refractivity contribution in [3.63, 3.8) is 0 Å². The van der Waals surface area contributed by atoms with Crippen molar-refractivity contribution >= 4 is 13.3 Å². The van der Waals surface area contributed by atoms with Gasteiger partial charge in [-0.25, -0.2) is 4.57 Å². The first-order valence-corrected chi connectivity index (χ1v) is 7.32. The van der Waals surface area contributed by atoms with E-state index < -0.39 is 12.5 Å². The number of rotatable bonds is 6. The zero-order valence-corrected chi connectivity index (χ0v) is 11.2. The molecule has 100 valence electrons. The Morgan fingerprint density at radius 3 is 2.39 bits per heavy atom. The van der Waals surface area contributed by atoms with E-state index in [-0.39, 0.29) is 17.6 Å². The first kappa shape index (κ1) is 14.7. The number of hydrogen-bond donors (Lipinski definition) is 1. The van der Waals surface area contributed by atoms with Gasteiger partial charge in [-0.1, -0.05) is 13.8 Å². The van der Waals surface area contributed by atoms with Crippen molar-refractivity contribution in [1.29, 1.82) is 0 Å². The fraction of sp³-hybridized carbons (Fsp3) is 0.455. The van der Waals surface area contributed by atoms with Gasteiger partial charge in [0.25, 0.3) is 5.69 Å². The topological polar surface area (TPSA) is 89.7 Å². The Morgan fingerprint density at radius 1 is 1.39 bits per heavy atom. The number of nitrogens with zero attached hydrogens (tertiary/aromatic N) is 1. The summed E-state index contributed by atoms with van der Waals surface area (Å²) in [5.74, 6) is 0.473. The highest BCUT2D eigenvalue weighted by Gasteiger charge is 2.21. The van der Waals surface area contributed by atoms with Crippen LogP contribution in [0.5, 0.6) is 5.75 Å². The van der Waals surface area contributed by atoms with Crippen molar-refractivity contribution in [3.05, 3.63) is 34.4 Å². The van der Waals surface area contributed by atoms with Crippen LogP contribution < -0.4 is 4.52 Å². The van der Waals surface area contributed by atoms with Gasteiger partial charge in [-0.3, -0.25) is 10.1 Å². The average Bonchev–Trinajstić information content (AvgIpc) is 2.27. The predicted molar refractivity (Wildman–Crippen MR) is 67.9 cm³/mol. The van der Waals surface area contributed by atoms with Gasteiger partial charge in [0, 0.05) is 12.1 Å². The first-order chi connectivity index (χ1) is 8.30. The fourth-order valence-corrected chi connectivity index (χ4v) is 2.65. The van der Waals surface area contributed by atoms with Gasteiger partial charge in [0.1, 0.15) is 5.75 Å². The molecule has 7 heteroatoms. The van der Waals surface area contributed by atoms with Crippen molar-refractivity contribution < 1.29 is 18.9 Å². The molecule has 0 saturated carbocycles. The molecule has 0 aromatic heterocycles. The van der Waals surface area contributed by atoms with E-state index in [9.17, 15) is 19.6 Å². The molecule has 6 nitrogen and oxygen atoms in total. The fourth-order valence-electron chi connectivity index (χ4n) is 1.26. The third-order valence-electron chi connectivity index (χ3n) is 2.28. The van der Waals surface area contributed by atoms with Gasteiger partial charge < -0.3 is 9.42 Å². The maximum Gasteiger partial charge on any atom is 0.376 e. The molecule has 0 bridgehead atoms. The van der Waals surface area contributed by atoms with E-state index in [0.29, 0.717) is 12.3 Å². The monoisotopic (exact) mass is 273 g/mol. The summed E-state index contributed by atoms with van der Waals surface area (Å²) in [7, 11) is -3.68. The van der Waals surface area contributed by atoms with Crippen molar-refractivity contribution in [3.8, 4) is 5.75 Å². The van der Waals surface area contributed by atoms with E-state index in [1.54, 1.807) is 0 Å². The summed E-state index contributed by atoms with van der Waals surface area (Å²) < 4.78 is 16.7. The smallest absolute Gasteiger partial charge is 0.376 e. The van der Waals surface area contributed by atoms with Gasteiger partial charge >= 0.3 is 7.60 Å². The molecule has 0 radical (unpaired) electrons. The Kier molecular flexibility index (Phi) is 4.87. The molecule has 1 atom stereocenters. The van der Waals surface area contributed by atoms with Crippen LogP contribution in [-0.2, 0) is 4.57 Å². The molecule has 1 aromatic rings. The zero-order chi connectivity index (χ0) is 13.8. The van der Waals surface area contributed by atoms with Crippen LogP contribution in [0.25, 0.3) is 0 Å². The molecule has 0 amide bonds. The SMILES string of the molecule is CC(C)CCP(=O)(O)Oc1ccc([N+](=O)[O-])cc1. The Balaban J connectivity index is 2.66. The third kappa shape index (κ3) is 4.85. The molecule has 0 heterocycles. The van der Waals surface area contributed by atoms with E-state index in [1.807, 2.05) is 13.8 Å². The van der Waals surface area contributed by atoms with Crippen LogP contribution in [0.2, 0.25) is 0 Å². The largest absolute Gasteiger partial charge is 0.424 e. The molecule has 0 saturated heterocycles. The highest BCUT2D eigenvalue weighted by molar-refractivity contribution is 7.53. The molecular weight excluding hydrogens is 257 g/mol. The molecular formula is C11H16NO5P. The van der Waals surface area contributed by atoms with Gasteiger partial charge in [-0.15, -0.1) is 0 Å². The summed E-state index contributed by atoms with van der Waals surface area (Å²) in [6.07, 6.45) is 0.655. The summed E-state index contributed by atoms with van der Waals surface area (Å²) in [4.78, 5) is 19.5. The molecule has 1 rings (SSSR count). The van der Waals surface area contributed by atoms with Gasteiger partial charge in [0.2, 0.25) is 0 Å². The quantitative estimate of drug-likeness (QED) is 0.488. The maximum atomic E-state index is 11.7. The van der Waals surface area contributed by atoms with Crippen LogP contribution in [0.3, 0.4) is 0 Å². The van der Waals surface area contributed by atoms with E-state index in [4.69, 9.17) is 4.52 Å². The minimum absolute atomic E-state index is 0.0711. The van der Waals surface area contributed by atoms with Crippen LogP contribution in [0.4, 0.5) is 5.69 Å². The maximum absolute atomic E-state index is 11.7. The summed E-state index contributed by atoms with van der Waals surface area (Å²) in [5.41, 5.74) is -0.0858. The average molecular weight is 273 g/mol. The highest BCUT2D eigenvalue weighted by Crippen LogP contribution is 2.43. The van der Waals surface area contributed by atoms with Gasteiger partial charge in [0.05, 0.1) is 11.1 Å². The van der Waals surface area contributed by atoms with Crippen molar-refractivity contribution in [2.24, 2.45) is 5.92 Å². The first-order valence-electron chi connectivity index (χ1n) is 5.56. The summed E-state index contributed by atoms with van der Waals surface area (Å²) in [6.45, 7) is 3.90. The van der Waals surface area contributed by atoms with Crippen LogP contribution >= 0.6 is 7.60 Å². The Morgan fingerprint density at radius 2 is 1.94 bits per heavy atom. The molecule has 18 heavy (non-hydrogen) atoms. The minimum Gasteiger partial charge on any atom is -0.424 e. The van der Waals surface area contributed by atoms with Gasteiger partial charge in [-0.2, -0.15) is 0 Å². The molecule has 0 fully saturated rings. The molecule has 0 aliphatic heterocycles. The lowest BCUT2D eigenvalue weighted by atomic mass is 10.2. The van der Waals surface area contributed by atoms with Crippen molar-refractivity contribution in [2.75, 3.05) is 6.16 Å². The summed E-state index contributed by atoms with van der Waals surface area (Å²) in [6, 6.07) is 5.10. The van der Waals surface area contributed by atoms with E-state index in [2.05, 4.69) is 0 Å². The Labute approximate surface area is 105 Å². The van der Waals surface area contributed by atoms with Gasteiger partial charge in [-0.05, 0) is 24.5 Å². The second-order valence-electron chi connectivity index (χ2n) is 4.39. The molecule has 1 unspecified atom stereocenters. The standard InChI is InChI=1S/C11H16NO5P/c1-9(2)7-8-18(15,16)17-11-5-3-10(4-6-11)12(13)14/h3-6,9H,7-8H2,1-2H3,(H,15,16). The van der Waals surface area contributed by atoms with E-state index in [1.165, 1.54) is 24.3 Å². The molecule has 0 aliphatic carbocycles. The van der Waals surface area contributed by atoms with Crippen molar-refractivity contribution in [1.82, 2.24) is 0 Å². The normalized spacial score (nSPS) is 14.2. The number of non-ortho nitro benzene ring substituents is 1. The summed E-state index contributed by atoms with van der Waals surface area (Å²) in [5, 5.41) is 10.4. The lowest BCUT2D eigenvalue weighted by molar-refractivity contribution is -0.384. The van der Waals surface area contributed by atoms with Crippen LogP contribution in [0.1, 0.15) is 20.3 Å². The van der Waals surface area contributed by atoms with Crippen LogP contribution in [0.15, 0.2) is 24.3 Å². The number of hydrogen-bond acceptors (Lipinski definition) is 4. The molecule has 1 N–H and O–H groups in total. The lowest BCUT2D eigenvalue weighted by Crippen LogP contribution is -2.00. The Bertz CT molecular complexity index is 457. The summed E-state index contributed by atoms with van der Waals surface area (Å²) >= 11 is 0. The van der Waals surface area contributed by atoms with E-state index in [0.717, 1.165) is 0 Å². The second-order valence-corrected chi connectivity index (χ2v) is 6.29. The van der Waals surface area contributed by atoms with E-state index >= 15 is 0 Å². The molecule has 0 aliphatic rings. The van der Waals surface area contributed by atoms with Gasteiger partial charge in [0.15, 0.2) is 0 Å². The predicted octanol–water partition coefficient (Wildman–Crippen LogP) is 3.21. The number of nitro groups is 1. The molecule has 0 spiro atoms. The Hall–Kier alpha value is -1.39.